The standard InChI is InChI=1S/C20H29N5O2/c1-3-5-10-14-21-19-17(25(26)27)20(22-15-11-6-4-2)24-18(23-19)16-12-8-7-9-13-16/h7-9,12-13H,3-6,10-11,14-15H2,1-2H3,(H2,21,22,23,24). The predicted molar refractivity (Wildman–Crippen MR) is 110 cm³/mol. The minimum Gasteiger partial charge on any atom is -0.364 e. The first-order valence-corrected chi connectivity index (χ1v) is 9.77. The van der Waals surface area contributed by atoms with Gasteiger partial charge in [-0.25, -0.2) is 9.97 Å². The molecule has 7 nitrogen and oxygen atoms in total. The quantitative estimate of drug-likeness (QED) is 0.300. The van der Waals surface area contributed by atoms with Gasteiger partial charge in [0.2, 0.25) is 11.6 Å². The molecule has 0 spiro atoms. The van der Waals surface area contributed by atoms with Crippen LogP contribution in [0, 0.1) is 10.1 Å². The van der Waals surface area contributed by atoms with E-state index < -0.39 is 4.92 Å². The maximum absolute atomic E-state index is 11.7. The van der Waals surface area contributed by atoms with Crippen LogP contribution >= 0.6 is 0 Å². The summed E-state index contributed by atoms with van der Waals surface area (Å²) < 4.78 is 0. The molecule has 1 aromatic carbocycles. The molecule has 27 heavy (non-hydrogen) atoms. The third kappa shape index (κ3) is 6.20. The summed E-state index contributed by atoms with van der Waals surface area (Å²) in [5.74, 6) is 1.04. The molecule has 0 saturated heterocycles. The monoisotopic (exact) mass is 371 g/mol. The summed E-state index contributed by atoms with van der Waals surface area (Å²) in [6.45, 7) is 5.54. The molecule has 1 aromatic heterocycles. The summed E-state index contributed by atoms with van der Waals surface area (Å²) >= 11 is 0. The summed E-state index contributed by atoms with van der Waals surface area (Å²) in [7, 11) is 0. The van der Waals surface area contributed by atoms with Crippen LogP contribution in [0.4, 0.5) is 17.3 Å². The SMILES string of the molecule is CCCCCNc1nc(-c2ccccc2)nc(NCCCCC)c1[N+](=O)[O-]. The van der Waals surface area contributed by atoms with E-state index in [4.69, 9.17) is 0 Å². The number of nitrogens with one attached hydrogen (secondary N) is 2. The molecule has 0 saturated carbocycles. The summed E-state index contributed by atoms with van der Waals surface area (Å²) in [6.07, 6.45) is 6.20. The van der Waals surface area contributed by atoms with Crippen molar-refractivity contribution in [1.82, 2.24) is 9.97 Å². The Kier molecular flexibility index (Phi) is 8.48. The molecule has 2 rings (SSSR count). The van der Waals surface area contributed by atoms with Gasteiger partial charge in [0.25, 0.3) is 0 Å². The molecule has 0 bridgehead atoms. The zero-order valence-corrected chi connectivity index (χ0v) is 16.2. The Labute approximate surface area is 160 Å². The van der Waals surface area contributed by atoms with E-state index in [0.717, 1.165) is 44.1 Å². The number of anilines is 2. The van der Waals surface area contributed by atoms with E-state index in [-0.39, 0.29) is 17.3 Å². The van der Waals surface area contributed by atoms with Gasteiger partial charge in [0, 0.05) is 18.7 Å². The van der Waals surface area contributed by atoms with Crippen LogP contribution in [0.15, 0.2) is 30.3 Å². The van der Waals surface area contributed by atoms with Crippen molar-refractivity contribution in [3.63, 3.8) is 0 Å². The van der Waals surface area contributed by atoms with Gasteiger partial charge >= 0.3 is 5.69 Å². The number of nitro groups is 1. The lowest BCUT2D eigenvalue weighted by Crippen LogP contribution is -2.13. The predicted octanol–water partition coefficient (Wildman–Crippen LogP) is 5.26. The van der Waals surface area contributed by atoms with Gasteiger partial charge in [0.05, 0.1) is 4.92 Å². The van der Waals surface area contributed by atoms with Crippen LogP contribution in [-0.4, -0.2) is 28.0 Å². The van der Waals surface area contributed by atoms with E-state index in [0.29, 0.717) is 18.9 Å². The molecule has 0 atom stereocenters. The highest BCUT2D eigenvalue weighted by molar-refractivity contribution is 5.73. The van der Waals surface area contributed by atoms with E-state index in [2.05, 4.69) is 34.4 Å². The molecule has 7 heteroatoms. The van der Waals surface area contributed by atoms with Crippen molar-refractivity contribution < 1.29 is 4.92 Å². The van der Waals surface area contributed by atoms with Crippen LogP contribution in [-0.2, 0) is 0 Å². The van der Waals surface area contributed by atoms with Crippen LogP contribution in [0.2, 0.25) is 0 Å². The fourth-order valence-electron chi connectivity index (χ4n) is 2.75. The molecule has 2 N–H and O–H groups in total. The van der Waals surface area contributed by atoms with Gasteiger partial charge in [0.1, 0.15) is 0 Å². The van der Waals surface area contributed by atoms with Gasteiger partial charge in [-0.3, -0.25) is 10.1 Å². The Balaban J connectivity index is 2.36. The summed E-state index contributed by atoms with van der Waals surface area (Å²) in [5.41, 5.74) is 0.753. The third-order valence-corrected chi connectivity index (χ3v) is 4.24. The van der Waals surface area contributed by atoms with E-state index in [9.17, 15) is 10.1 Å². The van der Waals surface area contributed by atoms with Gasteiger partial charge in [-0.1, -0.05) is 69.9 Å². The number of unbranched alkanes of at least 4 members (excludes halogenated alkanes) is 4. The molecule has 0 aliphatic rings. The molecule has 0 aliphatic carbocycles. The molecule has 0 amide bonds. The van der Waals surface area contributed by atoms with Crippen molar-refractivity contribution in [3.8, 4) is 11.4 Å². The maximum Gasteiger partial charge on any atom is 0.353 e. The van der Waals surface area contributed by atoms with Crippen molar-refractivity contribution in [3.05, 3.63) is 40.4 Å². The lowest BCUT2D eigenvalue weighted by molar-refractivity contribution is -0.383. The molecule has 0 aliphatic heterocycles. The van der Waals surface area contributed by atoms with Gasteiger partial charge in [-0.15, -0.1) is 0 Å². The van der Waals surface area contributed by atoms with Crippen LogP contribution in [0.5, 0.6) is 0 Å². The van der Waals surface area contributed by atoms with E-state index in [1.807, 2.05) is 30.3 Å². The first kappa shape index (κ1) is 20.6. The molecule has 0 unspecified atom stereocenters. The molecule has 2 aromatic rings. The van der Waals surface area contributed by atoms with Crippen molar-refractivity contribution in [2.75, 3.05) is 23.7 Å². The fourth-order valence-corrected chi connectivity index (χ4v) is 2.75. The molecule has 0 fully saturated rings. The second kappa shape index (κ2) is 11.1. The normalized spacial score (nSPS) is 10.6. The zero-order valence-electron chi connectivity index (χ0n) is 16.2. The average molecular weight is 371 g/mol. The number of benzene rings is 1. The van der Waals surface area contributed by atoms with Gasteiger partial charge in [0.15, 0.2) is 5.82 Å². The fraction of sp³-hybridized carbons (Fsp3) is 0.500. The summed E-state index contributed by atoms with van der Waals surface area (Å²) in [5, 5.41) is 18.0. The van der Waals surface area contributed by atoms with Crippen molar-refractivity contribution in [2.24, 2.45) is 0 Å². The number of nitrogens with zero attached hydrogens (tertiary/aromatic N) is 3. The Morgan fingerprint density at radius 1 is 0.889 bits per heavy atom. The van der Waals surface area contributed by atoms with Crippen molar-refractivity contribution in [2.45, 2.75) is 52.4 Å². The maximum atomic E-state index is 11.7. The summed E-state index contributed by atoms with van der Waals surface area (Å²) in [4.78, 5) is 20.2. The highest BCUT2D eigenvalue weighted by atomic mass is 16.6. The van der Waals surface area contributed by atoms with Crippen molar-refractivity contribution >= 4 is 17.3 Å². The van der Waals surface area contributed by atoms with Crippen LogP contribution < -0.4 is 10.6 Å². The highest BCUT2D eigenvalue weighted by Gasteiger charge is 2.25. The smallest absolute Gasteiger partial charge is 0.353 e. The number of hydrogen-bond donors (Lipinski definition) is 2. The molecular weight excluding hydrogens is 342 g/mol. The molecule has 146 valence electrons. The Bertz CT molecular complexity index is 689. The number of aromatic nitrogens is 2. The lowest BCUT2D eigenvalue weighted by Gasteiger charge is -2.12. The van der Waals surface area contributed by atoms with E-state index in [1.165, 1.54) is 0 Å². The second-order valence-electron chi connectivity index (χ2n) is 6.48. The van der Waals surface area contributed by atoms with Crippen LogP contribution in [0.1, 0.15) is 52.4 Å². The molecule has 1 heterocycles. The van der Waals surface area contributed by atoms with Crippen molar-refractivity contribution in [1.29, 1.82) is 0 Å². The van der Waals surface area contributed by atoms with Gasteiger partial charge < -0.3 is 10.6 Å². The number of rotatable bonds is 12. The van der Waals surface area contributed by atoms with Crippen LogP contribution in [0.3, 0.4) is 0 Å². The Morgan fingerprint density at radius 2 is 1.41 bits per heavy atom. The second-order valence-corrected chi connectivity index (χ2v) is 6.48. The average Bonchev–Trinajstić information content (AvgIpc) is 2.68. The van der Waals surface area contributed by atoms with Gasteiger partial charge in [-0.05, 0) is 12.8 Å². The van der Waals surface area contributed by atoms with E-state index >= 15 is 0 Å². The zero-order chi connectivity index (χ0) is 19.5. The van der Waals surface area contributed by atoms with E-state index in [1.54, 1.807) is 0 Å². The molecular formula is C20H29N5O2. The first-order chi connectivity index (χ1) is 13.2. The molecule has 0 radical (unpaired) electrons. The van der Waals surface area contributed by atoms with Gasteiger partial charge in [-0.2, -0.15) is 0 Å². The Hall–Kier alpha value is -2.70. The topological polar surface area (TPSA) is 93.0 Å². The Morgan fingerprint density at radius 3 is 1.85 bits per heavy atom. The largest absolute Gasteiger partial charge is 0.364 e. The highest BCUT2D eigenvalue weighted by Crippen LogP contribution is 2.32. The minimum absolute atomic E-state index is 0.0809. The third-order valence-electron chi connectivity index (χ3n) is 4.24. The van der Waals surface area contributed by atoms with Crippen LogP contribution in [0.25, 0.3) is 11.4 Å². The first-order valence-electron chi connectivity index (χ1n) is 9.77. The summed E-state index contributed by atoms with van der Waals surface area (Å²) in [6, 6.07) is 9.54. The minimum atomic E-state index is -0.404. The number of hydrogen-bond acceptors (Lipinski definition) is 6. The lowest BCUT2D eigenvalue weighted by atomic mass is 10.2.